The highest BCUT2D eigenvalue weighted by atomic mass is 79.9. The Balaban J connectivity index is 1.80. The van der Waals surface area contributed by atoms with Gasteiger partial charge in [-0.05, 0) is 45.8 Å². The molecule has 2 N–H and O–H groups in total. The monoisotopic (exact) mass is 463 g/mol. The Morgan fingerprint density at radius 3 is 2.47 bits per heavy atom. The molecule has 0 saturated carbocycles. The summed E-state index contributed by atoms with van der Waals surface area (Å²) in [6.45, 7) is 0.411. The average Bonchev–Trinajstić information content (AvgIpc) is 3.25. The van der Waals surface area contributed by atoms with E-state index in [4.69, 9.17) is 0 Å². The second-order valence-corrected chi connectivity index (χ2v) is 7.51. The fraction of sp³-hybridized carbons (Fsp3) is 0.0435. The van der Waals surface area contributed by atoms with Gasteiger partial charge in [0.05, 0.1) is 34.3 Å². The third-order valence-corrected chi connectivity index (χ3v) is 5.36. The van der Waals surface area contributed by atoms with Crippen molar-refractivity contribution in [1.29, 1.82) is 0 Å². The van der Waals surface area contributed by atoms with E-state index >= 15 is 0 Å². The quantitative estimate of drug-likeness (QED) is 0.399. The number of phenols is 2. The number of amides is 1. The Morgan fingerprint density at radius 2 is 1.70 bits per heavy atom. The molecule has 4 aromatic rings. The summed E-state index contributed by atoms with van der Waals surface area (Å²) in [5.41, 5.74) is 3.47. The standard InChI is InChI=1S/C23H18BrN3O3/c24-18-12-17(22(29)13-23(18)30)19-10-11-25-27(19)21-9-5-4-8-20(21)26(15-28)14-16-6-2-1-3-7-16/h1-13,15,29-30H,14H2. The number of nitrogens with zero attached hydrogens (tertiary/aromatic N) is 3. The van der Waals surface area contributed by atoms with Crippen molar-refractivity contribution in [2.24, 2.45) is 0 Å². The number of benzene rings is 3. The van der Waals surface area contributed by atoms with E-state index in [0.29, 0.717) is 33.6 Å². The fourth-order valence-electron chi connectivity index (χ4n) is 3.30. The summed E-state index contributed by atoms with van der Waals surface area (Å²) in [4.78, 5) is 13.6. The van der Waals surface area contributed by atoms with Crippen LogP contribution in [0, 0.1) is 0 Å². The molecule has 0 bridgehead atoms. The van der Waals surface area contributed by atoms with Crippen LogP contribution in [0.4, 0.5) is 5.69 Å². The van der Waals surface area contributed by atoms with Crippen molar-refractivity contribution in [3.63, 3.8) is 0 Å². The highest BCUT2D eigenvalue weighted by Gasteiger charge is 2.18. The van der Waals surface area contributed by atoms with Crippen molar-refractivity contribution in [3.05, 3.63) is 89.0 Å². The number of rotatable bonds is 6. The third-order valence-electron chi connectivity index (χ3n) is 4.73. The van der Waals surface area contributed by atoms with E-state index in [1.807, 2.05) is 54.6 Å². The fourth-order valence-corrected chi connectivity index (χ4v) is 3.64. The van der Waals surface area contributed by atoms with Gasteiger partial charge in [0.25, 0.3) is 0 Å². The number of aromatic hydroxyl groups is 2. The molecule has 0 aliphatic heterocycles. The lowest BCUT2D eigenvalue weighted by atomic mass is 10.1. The number of aromatic nitrogens is 2. The number of carbonyl (C=O) groups excluding carboxylic acids is 1. The summed E-state index contributed by atoms with van der Waals surface area (Å²) < 4.78 is 2.12. The Labute approximate surface area is 181 Å². The van der Waals surface area contributed by atoms with Crippen molar-refractivity contribution >= 4 is 28.0 Å². The molecule has 7 heteroatoms. The van der Waals surface area contributed by atoms with Crippen molar-refractivity contribution in [2.75, 3.05) is 4.90 Å². The van der Waals surface area contributed by atoms with Crippen LogP contribution in [-0.4, -0.2) is 26.4 Å². The molecule has 3 aromatic carbocycles. The smallest absolute Gasteiger partial charge is 0.214 e. The van der Waals surface area contributed by atoms with E-state index in [2.05, 4.69) is 21.0 Å². The minimum atomic E-state index is -0.0774. The van der Waals surface area contributed by atoms with Crippen LogP contribution in [0.3, 0.4) is 0 Å². The van der Waals surface area contributed by atoms with Crippen LogP contribution >= 0.6 is 15.9 Å². The Hall–Kier alpha value is -3.58. The topological polar surface area (TPSA) is 78.6 Å². The minimum absolute atomic E-state index is 0.0577. The summed E-state index contributed by atoms with van der Waals surface area (Å²) in [6, 6.07) is 21.8. The number of para-hydroxylation sites is 2. The van der Waals surface area contributed by atoms with E-state index in [1.54, 1.807) is 27.9 Å². The van der Waals surface area contributed by atoms with E-state index in [1.165, 1.54) is 6.07 Å². The first-order chi connectivity index (χ1) is 14.6. The molecular weight excluding hydrogens is 446 g/mol. The summed E-state index contributed by atoms with van der Waals surface area (Å²) in [6.07, 6.45) is 2.42. The van der Waals surface area contributed by atoms with Gasteiger partial charge in [-0.15, -0.1) is 0 Å². The zero-order valence-electron chi connectivity index (χ0n) is 15.8. The van der Waals surface area contributed by atoms with E-state index < -0.39 is 0 Å². The predicted octanol–water partition coefficient (Wildman–Crippen LogP) is 4.88. The van der Waals surface area contributed by atoms with Crippen LogP contribution in [0.2, 0.25) is 0 Å². The normalized spacial score (nSPS) is 10.7. The molecule has 0 aliphatic rings. The molecule has 1 heterocycles. The summed E-state index contributed by atoms with van der Waals surface area (Å²) >= 11 is 3.29. The molecule has 0 unspecified atom stereocenters. The molecular formula is C23H18BrN3O3. The van der Waals surface area contributed by atoms with Gasteiger partial charge in [0.15, 0.2) is 0 Å². The maximum atomic E-state index is 11.9. The molecule has 30 heavy (non-hydrogen) atoms. The van der Waals surface area contributed by atoms with Gasteiger partial charge in [0.2, 0.25) is 6.41 Å². The first kappa shape index (κ1) is 19.7. The first-order valence-electron chi connectivity index (χ1n) is 9.19. The number of anilines is 1. The molecule has 0 radical (unpaired) electrons. The maximum Gasteiger partial charge on any atom is 0.214 e. The molecule has 0 atom stereocenters. The second-order valence-electron chi connectivity index (χ2n) is 6.66. The summed E-state index contributed by atoms with van der Waals surface area (Å²) in [5.74, 6) is -0.135. The van der Waals surface area contributed by atoms with Crippen molar-refractivity contribution in [1.82, 2.24) is 9.78 Å². The van der Waals surface area contributed by atoms with Gasteiger partial charge in [-0.25, -0.2) is 4.68 Å². The number of halogens is 1. The number of carbonyl (C=O) groups is 1. The lowest BCUT2D eigenvalue weighted by molar-refractivity contribution is -0.107. The zero-order chi connectivity index (χ0) is 21.1. The average molecular weight is 464 g/mol. The van der Waals surface area contributed by atoms with E-state index in [-0.39, 0.29) is 11.5 Å². The van der Waals surface area contributed by atoms with Crippen LogP contribution in [0.15, 0.2) is 83.5 Å². The summed E-state index contributed by atoms with van der Waals surface area (Å²) in [5, 5.41) is 24.6. The molecule has 4 rings (SSSR count). The van der Waals surface area contributed by atoms with Crippen LogP contribution in [0.1, 0.15) is 5.56 Å². The van der Waals surface area contributed by atoms with Crippen molar-refractivity contribution in [2.45, 2.75) is 6.54 Å². The highest BCUT2D eigenvalue weighted by molar-refractivity contribution is 9.10. The highest BCUT2D eigenvalue weighted by Crippen LogP contribution is 2.39. The molecule has 0 aliphatic carbocycles. The molecule has 0 fully saturated rings. The van der Waals surface area contributed by atoms with Gasteiger partial charge in [-0.3, -0.25) is 4.79 Å². The van der Waals surface area contributed by atoms with Gasteiger partial charge >= 0.3 is 0 Å². The third kappa shape index (κ3) is 3.79. The van der Waals surface area contributed by atoms with Gasteiger partial charge in [0.1, 0.15) is 11.5 Å². The molecule has 1 aromatic heterocycles. The molecule has 6 nitrogen and oxygen atoms in total. The molecule has 0 spiro atoms. The van der Waals surface area contributed by atoms with Gasteiger partial charge < -0.3 is 15.1 Å². The maximum absolute atomic E-state index is 11.9. The van der Waals surface area contributed by atoms with E-state index in [0.717, 1.165) is 12.0 Å². The lowest BCUT2D eigenvalue weighted by Gasteiger charge is -2.22. The van der Waals surface area contributed by atoms with Crippen LogP contribution < -0.4 is 4.90 Å². The Kier molecular flexibility index (Phi) is 5.54. The summed E-state index contributed by atoms with van der Waals surface area (Å²) in [7, 11) is 0. The van der Waals surface area contributed by atoms with Crippen LogP contribution in [0.25, 0.3) is 16.9 Å². The van der Waals surface area contributed by atoms with Gasteiger partial charge in [-0.1, -0.05) is 42.5 Å². The zero-order valence-corrected chi connectivity index (χ0v) is 17.4. The molecule has 1 amide bonds. The number of hydrogen-bond donors (Lipinski definition) is 2. The van der Waals surface area contributed by atoms with Gasteiger partial charge in [-0.2, -0.15) is 5.10 Å². The van der Waals surface area contributed by atoms with Crippen molar-refractivity contribution in [3.8, 4) is 28.4 Å². The minimum Gasteiger partial charge on any atom is -0.507 e. The molecule has 150 valence electrons. The SMILES string of the molecule is O=CN(Cc1ccccc1)c1ccccc1-n1nccc1-c1cc(Br)c(O)cc1O. The van der Waals surface area contributed by atoms with E-state index in [9.17, 15) is 15.0 Å². The molecule has 0 saturated heterocycles. The van der Waals surface area contributed by atoms with Gasteiger partial charge in [0, 0.05) is 11.6 Å². The first-order valence-corrected chi connectivity index (χ1v) is 9.99. The number of phenolic OH excluding ortho intramolecular Hbond substituents is 2. The largest absolute Gasteiger partial charge is 0.507 e. The Bertz CT molecular complexity index is 1190. The lowest BCUT2D eigenvalue weighted by Crippen LogP contribution is -2.22. The second kappa shape index (κ2) is 8.42. The predicted molar refractivity (Wildman–Crippen MR) is 119 cm³/mol. The number of hydrogen-bond acceptors (Lipinski definition) is 4. The van der Waals surface area contributed by atoms with Crippen LogP contribution in [0.5, 0.6) is 11.5 Å². The van der Waals surface area contributed by atoms with Crippen LogP contribution in [-0.2, 0) is 11.3 Å². The Morgan fingerprint density at radius 1 is 0.967 bits per heavy atom. The van der Waals surface area contributed by atoms with Crippen molar-refractivity contribution < 1.29 is 15.0 Å².